The zero-order valence-electron chi connectivity index (χ0n) is 9.90. The average Bonchev–Trinajstić information content (AvgIpc) is 2.36. The van der Waals surface area contributed by atoms with Crippen LogP contribution in [-0.4, -0.2) is 28.4 Å². The van der Waals surface area contributed by atoms with Crippen molar-refractivity contribution in [3.63, 3.8) is 0 Å². The first-order chi connectivity index (χ1) is 8.54. The number of ether oxygens (including phenoxy) is 1. The Morgan fingerprint density at radius 2 is 2.28 bits per heavy atom. The van der Waals surface area contributed by atoms with Crippen LogP contribution >= 0.6 is 39.3 Å². The lowest BCUT2D eigenvalue weighted by molar-refractivity contribution is -0.144. The highest BCUT2D eigenvalue weighted by molar-refractivity contribution is 9.10. The summed E-state index contributed by atoms with van der Waals surface area (Å²) in [6.07, 6.45) is 1.77. The first-order valence-electron chi connectivity index (χ1n) is 5.09. The van der Waals surface area contributed by atoms with Crippen LogP contribution in [0.3, 0.4) is 0 Å². The minimum Gasteiger partial charge on any atom is -0.465 e. The van der Waals surface area contributed by atoms with Crippen molar-refractivity contribution in [2.24, 2.45) is 0 Å². The van der Waals surface area contributed by atoms with Gasteiger partial charge in [-0.15, -0.1) is 11.6 Å². The number of hydrogen-bond donors (Lipinski definition) is 0. The van der Waals surface area contributed by atoms with Crippen molar-refractivity contribution in [3.8, 4) is 0 Å². The molecule has 1 rings (SSSR count). The quantitative estimate of drug-likeness (QED) is 0.350. The molecule has 8 heteroatoms. The molecule has 0 N–H and O–H groups in total. The molecule has 0 aliphatic carbocycles. The Labute approximate surface area is 122 Å². The van der Waals surface area contributed by atoms with Crippen molar-refractivity contribution in [1.29, 1.82) is 0 Å². The van der Waals surface area contributed by atoms with E-state index >= 15 is 0 Å². The maximum atomic E-state index is 12.1. The second-order valence-corrected chi connectivity index (χ2v) is 5.02. The molecule has 0 aromatic carbocycles. The van der Waals surface area contributed by atoms with Gasteiger partial charge in [0, 0.05) is 0 Å². The number of halogens is 2. The van der Waals surface area contributed by atoms with Gasteiger partial charge < -0.3 is 4.74 Å². The van der Waals surface area contributed by atoms with Gasteiger partial charge in [0.05, 0.1) is 18.2 Å². The zero-order chi connectivity index (χ0) is 13.7. The number of carbonyl (C=O) groups excluding carboxylic acids is 1. The molecule has 0 aliphatic rings. The lowest BCUT2D eigenvalue weighted by atomic mass is 10.4. The van der Waals surface area contributed by atoms with Crippen molar-refractivity contribution in [3.05, 3.63) is 20.5 Å². The van der Waals surface area contributed by atoms with Gasteiger partial charge in [-0.2, -0.15) is 0 Å². The molecular formula is C10H12BrClN2O3S. The number of alkyl halides is 1. The molecule has 0 atom stereocenters. The number of hydrogen-bond acceptors (Lipinski definition) is 5. The van der Waals surface area contributed by atoms with Crippen LogP contribution in [0.15, 0.2) is 14.4 Å². The van der Waals surface area contributed by atoms with Gasteiger partial charge in [-0.05, 0) is 29.1 Å². The van der Waals surface area contributed by atoms with Crippen LogP contribution in [0.25, 0.3) is 0 Å². The zero-order valence-corrected chi connectivity index (χ0v) is 13.1. The molecule has 0 unspecified atom stereocenters. The maximum absolute atomic E-state index is 12.1. The molecular weight excluding hydrogens is 344 g/mol. The van der Waals surface area contributed by atoms with E-state index in [-0.39, 0.29) is 29.1 Å². The summed E-state index contributed by atoms with van der Waals surface area (Å²) < 4.78 is 6.36. The lowest BCUT2D eigenvalue weighted by Gasteiger charge is -2.11. The van der Waals surface area contributed by atoms with E-state index in [0.29, 0.717) is 10.9 Å². The fourth-order valence-electron chi connectivity index (χ4n) is 1.27. The van der Waals surface area contributed by atoms with E-state index < -0.39 is 5.97 Å². The second-order valence-electron chi connectivity index (χ2n) is 3.19. The Bertz CT molecular complexity index is 507. The topological polar surface area (TPSA) is 61.2 Å². The van der Waals surface area contributed by atoms with Crippen molar-refractivity contribution >= 4 is 45.3 Å². The standard InChI is InChI=1S/C10H12BrClN2O3S/c1-3-17-7(15)5-14-9(16)8(11)6(4-12)13-10(14)18-2/h3-5H2,1-2H3. The summed E-state index contributed by atoms with van der Waals surface area (Å²) in [5.74, 6) is -0.342. The van der Waals surface area contributed by atoms with E-state index in [1.54, 1.807) is 13.2 Å². The van der Waals surface area contributed by atoms with Gasteiger partial charge >= 0.3 is 5.97 Å². The highest BCUT2D eigenvalue weighted by Crippen LogP contribution is 2.17. The first-order valence-corrected chi connectivity index (χ1v) is 7.65. The third-order valence-corrected chi connectivity index (χ3v) is 3.78. The predicted octanol–water partition coefficient (Wildman–Crippen LogP) is 2.03. The summed E-state index contributed by atoms with van der Waals surface area (Å²) in [4.78, 5) is 27.7. The Morgan fingerprint density at radius 3 is 2.78 bits per heavy atom. The van der Waals surface area contributed by atoms with Gasteiger partial charge in [0.2, 0.25) is 0 Å². The molecule has 18 heavy (non-hydrogen) atoms. The highest BCUT2D eigenvalue weighted by atomic mass is 79.9. The summed E-state index contributed by atoms with van der Waals surface area (Å²) in [5.41, 5.74) is 0.129. The number of aromatic nitrogens is 2. The van der Waals surface area contributed by atoms with E-state index in [9.17, 15) is 9.59 Å². The van der Waals surface area contributed by atoms with E-state index in [1.807, 2.05) is 0 Å². The molecule has 0 amide bonds. The summed E-state index contributed by atoms with van der Waals surface area (Å²) >= 11 is 10.1. The third kappa shape index (κ3) is 3.49. The lowest BCUT2D eigenvalue weighted by Crippen LogP contribution is -2.29. The normalized spacial score (nSPS) is 10.4. The molecule has 0 bridgehead atoms. The number of rotatable bonds is 5. The minimum absolute atomic E-state index is 0.129. The maximum Gasteiger partial charge on any atom is 0.326 e. The molecule has 1 heterocycles. The number of carbonyl (C=O) groups is 1. The van der Waals surface area contributed by atoms with Gasteiger partial charge in [-0.1, -0.05) is 11.8 Å². The fraction of sp³-hybridized carbons (Fsp3) is 0.500. The van der Waals surface area contributed by atoms with Crippen molar-refractivity contribution in [2.45, 2.75) is 24.5 Å². The summed E-state index contributed by atoms with van der Waals surface area (Å²) in [5, 5.41) is 0.437. The molecule has 0 saturated carbocycles. The minimum atomic E-state index is -0.470. The Morgan fingerprint density at radius 1 is 1.61 bits per heavy atom. The van der Waals surface area contributed by atoms with Gasteiger partial charge in [0.1, 0.15) is 11.0 Å². The Kier molecular flexibility index (Phi) is 6.17. The van der Waals surface area contributed by atoms with Gasteiger partial charge in [0.15, 0.2) is 5.16 Å². The van der Waals surface area contributed by atoms with Crippen LogP contribution < -0.4 is 5.56 Å². The van der Waals surface area contributed by atoms with E-state index in [2.05, 4.69) is 20.9 Å². The number of thioether (sulfide) groups is 1. The third-order valence-electron chi connectivity index (χ3n) is 2.05. The molecule has 0 fully saturated rings. The predicted molar refractivity (Wildman–Crippen MR) is 74.2 cm³/mol. The monoisotopic (exact) mass is 354 g/mol. The fourth-order valence-corrected chi connectivity index (χ4v) is 2.64. The van der Waals surface area contributed by atoms with Crippen LogP contribution in [0.5, 0.6) is 0 Å². The van der Waals surface area contributed by atoms with Crippen LogP contribution in [0.4, 0.5) is 0 Å². The number of nitrogens with zero attached hydrogens (tertiary/aromatic N) is 2. The van der Waals surface area contributed by atoms with Gasteiger partial charge in [0.25, 0.3) is 5.56 Å². The van der Waals surface area contributed by atoms with E-state index in [1.165, 1.54) is 16.3 Å². The van der Waals surface area contributed by atoms with E-state index in [4.69, 9.17) is 16.3 Å². The average molecular weight is 356 g/mol. The molecule has 0 aliphatic heterocycles. The summed E-state index contributed by atoms with van der Waals surface area (Å²) in [6.45, 7) is 1.83. The van der Waals surface area contributed by atoms with Crippen molar-refractivity contribution < 1.29 is 9.53 Å². The molecule has 0 radical (unpaired) electrons. The smallest absolute Gasteiger partial charge is 0.326 e. The Balaban J connectivity index is 3.22. The second kappa shape index (κ2) is 7.16. The van der Waals surface area contributed by atoms with Gasteiger partial charge in [-0.3, -0.25) is 14.2 Å². The van der Waals surface area contributed by atoms with Crippen molar-refractivity contribution in [1.82, 2.24) is 9.55 Å². The van der Waals surface area contributed by atoms with E-state index in [0.717, 1.165) is 0 Å². The first kappa shape index (κ1) is 15.5. The SMILES string of the molecule is CCOC(=O)Cn1c(SC)nc(CCl)c(Br)c1=O. The molecule has 1 aromatic rings. The molecule has 1 aromatic heterocycles. The molecule has 100 valence electrons. The van der Waals surface area contributed by atoms with Crippen LogP contribution in [0.1, 0.15) is 12.6 Å². The van der Waals surface area contributed by atoms with Crippen LogP contribution in [-0.2, 0) is 22.0 Å². The number of esters is 1. The largest absolute Gasteiger partial charge is 0.465 e. The van der Waals surface area contributed by atoms with Gasteiger partial charge in [-0.25, -0.2) is 4.98 Å². The molecule has 5 nitrogen and oxygen atoms in total. The highest BCUT2D eigenvalue weighted by Gasteiger charge is 2.16. The Hall–Kier alpha value is -0.530. The van der Waals surface area contributed by atoms with Crippen molar-refractivity contribution in [2.75, 3.05) is 12.9 Å². The van der Waals surface area contributed by atoms with Crippen LogP contribution in [0, 0.1) is 0 Å². The van der Waals surface area contributed by atoms with Crippen LogP contribution in [0.2, 0.25) is 0 Å². The summed E-state index contributed by atoms with van der Waals surface area (Å²) in [6, 6.07) is 0. The molecule has 0 saturated heterocycles. The molecule has 0 spiro atoms. The summed E-state index contributed by atoms with van der Waals surface area (Å²) in [7, 11) is 0.